The summed E-state index contributed by atoms with van der Waals surface area (Å²) in [6.45, 7) is 13.6. The monoisotopic (exact) mass is 574 g/mol. The fraction of sp³-hybridized carbons (Fsp3) is 0.704. The van der Waals surface area contributed by atoms with Gasteiger partial charge >= 0.3 is 5.97 Å². The molecule has 0 fully saturated rings. The van der Waals surface area contributed by atoms with E-state index >= 15 is 0 Å². The molecule has 1 aromatic carbocycles. The first kappa shape index (κ1) is 35.3. The van der Waals surface area contributed by atoms with Gasteiger partial charge in [-0.15, -0.1) is 0 Å². The van der Waals surface area contributed by atoms with Crippen LogP contribution in [-0.4, -0.2) is 126 Å². The number of ether oxygens (including phenoxy) is 8. The highest BCUT2D eigenvalue weighted by atomic mass is 28.4. The van der Waals surface area contributed by atoms with Crippen LogP contribution in [0.3, 0.4) is 0 Å². The van der Waals surface area contributed by atoms with E-state index < -0.39 is 20.1 Å². The van der Waals surface area contributed by atoms with E-state index in [1.165, 1.54) is 0 Å². The highest BCUT2D eigenvalue weighted by molar-refractivity contribution is 6.69. The lowest BCUT2D eigenvalue weighted by atomic mass is 10.1. The lowest BCUT2D eigenvalue weighted by molar-refractivity contribution is -0.139. The molecular weight excluding hydrogens is 528 g/mol. The Kier molecular flexibility index (Phi) is 21.8. The fourth-order valence-electron chi connectivity index (χ4n) is 2.79. The molecule has 0 N–H and O–H groups in total. The Morgan fingerprint density at radius 3 is 1.21 bits per heavy atom. The summed E-state index contributed by atoms with van der Waals surface area (Å²) in [5, 5.41) is 0. The van der Waals surface area contributed by atoms with E-state index in [1.807, 2.05) is 0 Å². The third-order valence-corrected chi connectivity index (χ3v) is 5.75. The summed E-state index contributed by atoms with van der Waals surface area (Å²) in [5.41, 5.74) is 0.300. The molecule has 0 amide bonds. The molecule has 0 aliphatic carbocycles. The Morgan fingerprint density at radius 2 is 0.846 bits per heavy atom. The lowest BCUT2D eigenvalue weighted by Gasteiger charge is -2.16. The highest BCUT2D eigenvalue weighted by Gasteiger charge is 2.17. The normalized spacial score (nSPS) is 11.6. The van der Waals surface area contributed by atoms with Crippen LogP contribution in [0.4, 0.5) is 0 Å². The van der Waals surface area contributed by atoms with Gasteiger partial charge in [-0.3, -0.25) is 4.79 Å². The number of esters is 1. The van der Waals surface area contributed by atoms with Gasteiger partial charge < -0.3 is 42.3 Å². The summed E-state index contributed by atoms with van der Waals surface area (Å²) in [4.78, 5) is 23.5. The van der Waals surface area contributed by atoms with E-state index in [0.717, 1.165) is 0 Å². The third kappa shape index (κ3) is 22.7. The van der Waals surface area contributed by atoms with Crippen LogP contribution in [0.2, 0.25) is 19.6 Å². The Labute approximate surface area is 233 Å². The maximum absolute atomic E-state index is 11.9. The molecule has 0 bridgehead atoms. The van der Waals surface area contributed by atoms with Crippen LogP contribution in [0.25, 0.3) is 0 Å². The number of hydrogen-bond donors (Lipinski definition) is 0. The molecule has 0 radical (unpaired) electrons. The average molecular weight is 575 g/mol. The molecule has 0 aromatic heterocycles. The number of ketones is 1. The molecule has 0 saturated carbocycles. The third-order valence-electron chi connectivity index (χ3n) is 4.68. The molecule has 0 unspecified atom stereocenters. The van der Waals surface area contributed by atoms with Crippen LogP contribution in [0.15, 0.2) is 30.3 Å². The molecule has 0 saturated heterocycles. The van der Waals surface area contributed by atoms with E-state index in [1.54, 1.807) is 30.3 Å². The zero-order valence-corrected chi connectivity index (χ0v) is 24.7. The maximum atomic E-state index is 11.9. The second-order valence-corrected chi connectivity index (χ2v) is 13.6. The van der Waals surface area contributed by atoms with Crippen molar-refractivity contribution in [1.29, 1.82) is 0 Å². The van der Waals surface area contributed by atoms with Crippen molar-refractivity contribution in [3.8, 4) is 0 Å². The number of Topliss-reactive ketones (excluding diaryl/α,β-unsaturated/α-hetero) is 1. The molecule has 224 valence electrons. The first-order valence-corrected chi connectivity index (χ1v) is 16.8. The fourth-order valence-corrected chi connectivity index (χ4v) is 3.49. The lowest BCUT2D eigenvalue weighted by Crippen LogP contribution is -2.27. The average Bonchev–Trinajstić information content (AvgIpc) is 2.92. The second kappa shape index (κ2) is 24.1. The number of hydrogen-bond acceptors (Lipinski definition) is 11. The van der Waals surface area contributed by atoms with Gasteiger partial charge in [0.2, 0.25) is 0 Å². The molecule has 1 rings (SSSR count). The van der Waals surface area contributed by atoms with Crippen LogP contribution in [0.5, 0.6) is 0 Å². The van der Waals surface area contributed by atoms with Crippen molar-refractivity contribution in [3.05, 3.63) is 35.9 Å². The van der Waals surface area contributed by atoms with Gasteiger partial charge in [0, 0.05) is 5.56 Å². The molecular formula is C27H46O11Si. The Morgan fingerprint density at radius 1 is 0.513 bits per heavy atom. The minimum absolute atomic E-state index is 0.00429. The van der Waals surface area contributed by atoms with Gasteiger partial charge in [-0.05, 0) is 19.6 Å². The zero-order chi connectivity index (χ0) is 28.4. The SMILES string of the molecule is C[Si](C)(C)OCCOCCOCCOCCOCCOCCOCCOCCOC(=O)C(=O)c1ccccc1. The standard InChI is InChI=1S/C27H46O11Si/c1-39(2,3)38-24-22-36-20-18-34-16-14-32-12-10-30-9-11-31-13-15-33-17-19-35-21-23-37-27(29)26(28)25-7-5-4-6-8-25/h4-8H,9-24H2,1-3H3. The van der Waals surface area contributed by atoms with Crippen molar-refractivity contribution in [2.24, 2.45) is 0 Å². The van der Waals surface area contributed by atoms with Crippen LogP contribution >= 0.6 is 0 Å². The molecule has 1 aromatic rings. The second-order valence-electron chi connectivity index (χ2n) is 9.08. The van der Waals surface area contributed by atoms with Crippen molar-refractivity contribution in [2.75, 3.05) is 106 Å². The highest BCUT2D eigenvalue weighted by Crippen LogP contribution is 2.02. The largest absolute Gasteiger partial charge is 0.457 e. The van der Waals surface area contributed by atoms with Crippen molar-refractivity contribution in [1.82, 2.24) is 0 Å². The molecule has 12 heteroatoms. The van der Waals surface area contributed by atoms with Crippen molar-refractivity contribution in [3.63, 3.8) is 0 Å². The summed E-state index contributed by atoms with van der Waals surface area (Å²) >= 11 is 0. The van der Waals surface area contributed by atoms with Crippen molar-refractivity contribution >= 4 is 20.1 Å². The van der Waals surface area contributed by atoms with Crippen molar-refractivity contribution in [2.45, 2.75) is 19.6 Å². The predicted molar refractivity (Wildman–Crippen MR) is 147 cm³/mol. The topological polar surface area (TPSA) is 117 Å². The smallest absolute Gasteiger partial charge is 0.379 e. The summed E-state index contributed by atoms with van der Waals surface area (Å²) < 4.78 is 48.5. The Bertz CT molecular complexity index is 728. The van der Waals surface area contributed by atoms with E-state index in [9.17, 15) is 9.59 Å². The molecule has 0 atom stereocenters. The Hall–Kier alpha value is -1.74. The van der Waals surface area contributed by atoms with Gasteiger partial charge in [0.25, 0.3) is 5.78 Å². The van der Waals surface area contributed by atoms with Crippen LogP contribution in [-0.2, 0) is 47.1 Å². The van der Waals surface area contributed by atoms with Gasteiger partial charge in [0.15, 0.2) is 8.32 Å². The molecule has 0 spiro atoms. The number of rotatable bonds is 27. The summed E-state index contributed by atoms with van der Waals surface area (Å²) in [7, 11) is -1.46. The number of carbonyl (C=O) groups is 2. The van der Waals surface area contributed by atoms with Gasteiger partial charge in [-0.2, -0.15) is 0 Å². The van der Waals surface area contributed by atoms with E-state index in [4.69, 9.17) is 42.3 Å². The molecule has 0 aliphatic rings. The molecule has 39 heavy (non-hydrogen) atoms. The first-order valence-electron chi connectivity index (χ1n) is 13.3. The first-order chi connectivity index (χ1) is 18.9. The predicted octanol–water partition coefficient (Wildman–Crippen LogP) is 2.38. The van der Waals surface area contributed by atoms with Gasteiger partial charge in [0.05, 0.1) is 99.1 Å². The minimum Gasteiger partial charge on any atom is -0.457 e. The van der Waals surface area contributed by atoms with E-state index in [-0.39, 0.29) is 13.2 Å². The molecule has 0 aliphatic heterocycles. The summed E-state index contributed by atoms with van der Waals surface area (Å²) in [6.07, 6.45) is 0. The minimum atomic E-state index is -1.46. The number of carbonyl (C=O) groups excluding carboxylic acids is 2. The summed E-state index contributed by atoms with van der Waals surface area (Å²) in [5.74, 6) is -1.56. The van der Waals surface area contributed by atoms with Gasteiger partial charge in [0.1, 0.15) is 6.61 Å². The Balaban J connectivity index is 1.72. The van der Waals surface area contributed by atoms with Crippen LogP contribution in [0, 0.1) is 0 Å². The van der Waals surface area contributed by atoms with Gasteiger partial charge in [-0.25, -0.2) is 4.79 Å². The van der Waals surface area contributed by atoms with Crippen LogP contribution in [0.1, 0.15) is 10.4 Å². The van der Waals surface area contributed by atoms with Gasteiger partial charge in [-0.1, -0.05) is 30.3 Å². The molecule has 11 nitrogen and oxygen atoms in total. The van der Waals surface area contributed by atoms with E-state index in [2.05, 4.69) is 19.6 Å². The quantitative estimate of drug-likeness (QED) is 0.0507. The zero-order valence-electron chi connectivity index (χ0n) is 23.7. The maximum Gasteiger partial charge on any atom is 0.379 e. The van der Waals surface area contributed by atoms with Crippen LogP contribution < -0.4 is 0 Å². The molecule has 0 heterocycles. The van der Waals surface area contributed by atoms with Crippen molar-refractivity contribution < 1.29 is 51.9 Å². The number of benzene rings is 1. The summed E-state index contributed by atoms with van der Waals surface area (Å²) in [6, 6.07) is 8.27. The van der Waals surface area contributed by atoms with E-state index in [0.29, 0.717) is 98.1 Å².